The van der Waals surface area contributed by atoms with Crippen molar-refractivity contribution in [3.05, 3.63) is 52.8 Å². The zero-order valence-electron chi connectivity index (χ0n) is 14.5. The van der Waals surface area contributed by atoms with Gasteiger partial charge in [-0.05, 0) is 30.2 Å². The summed E-state index contributed by atoms with van der Waals surface area (Å²) in [5, 5.41) is 3.64. The van der Waals surface area contributed by atoms with Crippen molar-refractivity contribution in [2.45, 2.75) is 23.3 Å². The van der Waals surface area contributed by atoms with Gasteiger partial charge in [-0.15, -0.1) is 0 Å². The van der Waals surface area contributed by atoms with Gasteiger partial charge in [-0.3, -0.25) is 4.79 Å². The molecule has 0 radical (unpaired) electrons. The molecule has 2 aromatic rings. The number of aromatic amines is 1. The molecule has 2 atom stereocenters. The lowest BCUT2D eigenvalue weighted by molar-refractivity contribution is 0.0946. The zero-order valence-corrected chi connectivity index (χ0v) is 16.9. The molecule has 4 rings (SSSR count). The number of thioether (sulfide) groups is 1. The Hall–Kier alpha value is -1.48. The number of hydrogen-bond acceptors (Lipinski definition) is 4. The van der Waals surface area contributed by atoms with E-state index in [1.807, 2.05) is 24.3 Å². The number of amides is 1. The maximum atomic E-state index is 12.7. The predicted octanol–water partition coefficient (Wildman–Crippen LogP) is 2.69. The van der Waals surface area contributed by atoms with Crippen LogP contribution < -0.4 is 5.32 Å². The Bertz CT molecular complexity index is 954. The minimum absolute atomic E-state index is 0.0402. The molecule has 27 heavy (non-hydrogen) atoms. The van der Waals surface area contributed by atoms with Gasteiger partial charge in [0.05, 0.1) is 0 Å². The largest absolute Gasteiger partial charge is 0.356 e. The third-order valence-electron chi connectivity index (χ3n) is 4.89. The molecular weight excluding hydrogens is 406 g/mol. The molecule has 1 amide bonds. The number of carbonyl (C=O) groups is 1. The van der Waals surface area contributed by atoms with E-state index in [0.717, 1.165) is 23.5 Å². The number of aromatic nitrogens is 1. The minimum atomic E-state index is -3.55. The lowest BCUT2D eigenvalue weighted by Crippen LogP contribution is -2.37. The number of carbonyl (C=O) groups excluding carboxylic acids is 1. The second kappa shape index (κ2) is 7.50. The van der Waals surface area contributed by atoms with Gasteiger partial charge < -0.3 is 10.3 Å². The molecule has 1 aliphatic carbocycles. The van der Waals surface area contributed by atoms with E-state index < -0.39 is 10.0 Å². The first-order valence-electron chi connectivity index (χ1n) is 8.78. The summed E-state index contributed by atoms with van der Waals surface area (Å²) in [6.07, 6.45) is 2.25. The molecule has 0 spiro atoms. The van der Waals surface area contributed by atoms with E-state index in [4.69, 9.17) is 11.6 Å². The van der Waals surface area contributed by atoms with E-state index in [-0.39, 0.29) is 28.5 Å². The van der Waals surface area contributed by atoms with Crippen LogP contribution in [0.25, 0.3) is 0 Å². The number of nitrogens with one attached hydrogen (secondary N) is 2. The molecule has 0 unspecified atom stereocenters. The van der Waals surface area contributed by atoms with Gasteiger partial charge in [-0.2, -0.15) is 16.1 Å². The Kier molecular flexibility index (Phi) is 5.24. The van der Waals surface area contributed by atoms with Crippen molar-refractivity contribution in [3.63, 3.8) is 0 Å². The van der Waals surface area contributed by atoms with Gasteiger partial charge in [-0.1, -0.05) is 23.7 Å². The van der Waals surface area contributed by atoms with Crippen molar-refractivity contribution in [3.8, 4) is 0 Å². The Morgan fingerprint density at radius 3 is 2.78 bits per heavy atom. The molecule has 2 aliphatic rings. The van der Waals surface area contributed by atoms with Crippen LogP contribution in [-0.4, -0.2) is 54.3 Å². The van der Waals surface area contributed by atoms with Crippen LogP contribution in [0.2, 0.25) is 5.02 Å². The maximum absolute atomic E-state index is 12.7. The highest BCUT2D eigenvalue weighted by atomic mass is 35.5. The molecule has 0 bridgehead atoms. The molecule has 6 nitrogen and oxygen atoms in total. The van der Waals surface area contributed by atoms with E-state index in [9.17, 15) is 13.2 Å². The number of halogens is 1. The summed E-state index contributed by atoms with van der Waals surface area (Å²) in [5.41, 5.74) is 1.36. The fourth-order valence-electron chi connectivity index (χ4n) is 3.30. The van der Waals surface area contributed by atoms with E-state index in [2.05, 4.69) is 10.3 Å². The number of H-pyrrole nitrogens is 1. The number of sulfonamides is 1. The average molecular weight is 426 g/mol. The molecule has 1 aliphatic heterocycles. The summed E-state index contributed by atoms with van der Waals surface area (Å²) in [6, 6.07) is 9.09. The topological polar surface area (TPSA) is 82.3 Å². The van der Waals surface area contributed by atoms with E-state index in [0.29, 0.717) is 18.1 Å². The molecular formula is C18H20ClN3O3S2. The van der Waals surface area contributed by atoms with Crippen LogP contribution in [0.3, 0.4) is 0 Å². The molecule has 2 heterocycles. The Balaban J connectivity index is 1.41. The highest BCUT2D eigenvalue weighted by molar-refractivity contribution is 7.99. The number of nitrogens with zero attached hydrogens (tertiary/aromatic N) is 1. The number of rotatable bonds is 5. The fourth-order valence-corrected chi connectivity index (χ4v) is 6.07. The van der Waals surface area contributed by atoms with Gasteiger partial charge in [0.2, 0.25) is 10.0 Å². The highest BCUT2D eigenvalue weighted by Crippen LogP contribution is 2.41. The van der Waals surface area contributed by atoms with Crippen LogP contribution in [0.15, 0.2) is 41.4 Å². The fraction of sp³-hybridized carbons (Fsp3) is 0.389. The maximum Gasteiger partial charge on any atom is 0.267 e. The number of benzene rings is 1. The molecule has 144 valence electrons. The van der Waals surface area contributed by atoms with Crippen LogP contribution >= 0.6 is 23.4 Å². The zero-order chi connectivity index (χ0) is 19.0. The summed E-state index contributed by atoms with van der Waals surface area (Å²) in [5.74, 6) is 1.55. The van der Waals surface area contributed by atoms with Gasteiger partial charge in [-0.25, -0.2) is 8.42 Å². The molecule has 1 saturated carbocycles. The van der Waals surface area contributed by atoms with Crippen molar-refractivity contribution < 1.29 is 13.2 Å². The van der Waals surface area contributed by atoms with Crippen LogP contribution in [0.4, 0.5) is 0 Å². The van der Waals surface area contributed by atoms with Gasteiger partial charge in [0.1, 0.15) is 10.6 Å². The quantitative estimate of drug-likeness (QED) is 0.771. The van der Waals surface area contributed by atoms with Gasteiger partial charge in [0.25, 0.3) is 5.91 Å². The van der Waals surface area contributed by atoms with Crippen LogP contribution in [0.5, 0.6) is 0 Å². The summed E-state index contributed by atoms with van der Waals surface area (Å²) in [4.78, 5) is 15.4. The molecule has 1 aromatic carbocycles. The smallest absolute Gasteiger partial charge is 0.267 e. The molecule has 2 fully saturated rings. The predicted molar refractivity (Wildman–Crippen MR) is 107 cm³/mol. The number of hydrogen-bond donors (Lipinski definition) is 2. The first-order chi connectivity index (χ1) is 12.9. The second-order valence-corrected chi connectivity index (χ2v) is 10.3. The SMILES string of the molecule is O=C(N[C@H]1C[C@@H]1c1cccc(Cl)c1)c1cc(S(=O)(=O)N2CCSCC2)c[nH]1. The molecule has 9 heteroatoms. The van der Waals surface area contributed by atoms with Gasteiger partial charge in [0.15, 0.2) is 0 Å². The van der Waals surface area contributed by atoms with Crippen molar-refractivity contribution in [1.82, 2.24) is 14.6 Å². The average Bonchev–Trinajstić information content (AvgIpc) is 3.24. The normalized spacial score (nSPS) is 23.1. The van der Waals surface area contributed by atoms with Crippen LogP contribution in [-0.2, 0) is 10.0 Å². The minimum Gasteiger partial charge on any atom is -0.356 e. The lowest BCUT2D eigenvalue weighted by Gasteiger charge is -2.24. The third-order valence-corrected chi connectivity index (χ3v) is 7.95. The Morgan fingerprint density at radius 2 is 2.04 bits per heavy atom. The molecule has 1 aromatic heterocycles. The Labute approximate surface area is 167 Å². The van der Waals surface area contributed by atoms with Crippen molar-refractivity contribution in [1.29, 1.82) is 0 Å². The summed E-state index contributed by atoms with van der Waals surface area (Å²) < 4.78 is 26.8. The van der Waals surface area contributed by atoms with Crippen LogP contribution in [0.1, 0.15) is 28.4 Å². The monoisotopic (exact) mass is 425 g/mol. The van der Waals surface area contributed by atoms with E-state index >= 15 is 0 Å². The van der Waals surface area contributed by atoms with Crippen LogP contribution in [0, 0.1) is 0 Å². The second-order valence-electron chi connectivity index (χ2n) is 6.74. The summed E-state index contributed by atoms with van der Waals surface area (Å²) >= 11 is 7.77. The van der Waals surface area contributed by atoms with Gasteiger partial charge >= 0.3 is 0 Å². The first kappa shape index (κ1) is 18.9. The lowest BCUT2D eigenvalue weighted by atomic mass is 10.1. The highest BCUT2D eigenvalue weighted by Gasteiger charge is 2.40. The summed E-state index contributed by atoms with van der Waals surface area (Å²) in [6.45, 7) is 1.01. The van der Waals surface area contributed by atoms with Crippen molar-refractivity contribution in [2.75, 3.05) is 24.6 Å². The van der Waals surface area contributed by atoms with Gasteiger partial charge in [0, 0.05) is 47.8 Å². The van der Waals surface area contributed by atoms with E-state index in [1.165, 1.54) is 16.6 Å². The summed E-state index contributed by atoms with van der Waals surface area (Å²) in [7, 11) is -3.55. The first-order valence-corrected chi connectivity index (χ1v) is 11.7. The van der Waals surface area contributed by atoms with Crippen molar-refractivity contribution >= 4 is 39.3 Å². The molecule has 2 N–H and O–H groups in total. The Morgan fingerprint density at radius 1 is 1.26 bits per heavy atom. The molecule has 1 saturated heterocycles. The third kappa shape index (κ3) is 4.03. The van der Waals surface area contributed by atoms with E-state index in [1.54, 1.807) is 11.8 Å². The standard InChI is InChI=1S/C18H20ClN3O3S2/c19-13-3-1-2-12(8-13)15-10-16(15)21-18(23)17-9-14(11-20-17)27(24,25)22-4-6-26-7-5-22/h1-3,8-9,11,15-16,20H,4-7,10H2,(H,21,23)/t15-,16+/m1/s1. The van der Waals surface area contributed by atoms with Crippen molar-refractivity contribution in [2.24, 2.45) is 0 Å².